The molecule has 2 aliphatic heterocycles. The van der Waals surface area contributed by atoms with E-state index in [-0.39, 0.29) is 11.7 Å². The molecule has 0 bridgehead atoms. The number of benzene rings is 1. The highest BCUT2D eigenvalue weighted by Gasteiger charge is 2.23. The Morgan fingerprint density at radius 2 is 1.46 bits per heavy atom. The van der Waals surface area contributed by atoms with Crippen molar-refractivity contribution in [1.82, 2.24) is 20.0 Å². The van der Waals surface area contributed by atoms with Crippen LogP contribution in [0.25, 0.3) is 0 Å². The van der Waals surface area contributed by atoms with Crippen molar-refractivity contribution in [3.05, 3.63) is 47.9 Å². The zero-order chi connectivity index (χ0) is 19.5. The van der Waals surface area contributed by atoms with E-state index < -0.39 is 0 Å². The molecule has 3 heterocycles. The highest BCUT2D eigenvalue weighted by molar-refractivity contribution is 5.92. The van der Waals surface area contributed by atoms with Gasteiger partial charge in [-0.1, -0.05) is 0 Å². The van der Waals surface area contributed by atoms with Crippen LogP contribution >= 0.6 is 0 Å². The second-order valence-corrected chi connectivity index (χ2v) is 7.32. The molecule has 1 aromatic carbocycles. The largest absolute Gasteiger partial charge is 0.368 e. The summed E-state index contributed by atoms with van der Waals surface area (Å²) < 4.78 is 13.1. The number of anilines is 2. The summed E-state index contributed by atoms with van der Waals surface area (Å²) >= 11 is 0. The monoisotopic (exact) mass is 384 g/mol. The Labute approximate surface area is 164 Å². The molecule has 2 aliphatic rings. The molecule has 0 N–H and O–H groups in total. The van der Waals surface area contributed by atoms with Gasteiger partial charge in [-0.15, -0.1) is 10.2 Å². The third-order valence-electron chi connectivity index (χ3n) is 5.46. The number of likely N-dealkylation sites (N-methyl/N-ethyl adjacent to an activating group) is 1. The van der Waals surface area contributed by atoms with Crippen molar-refractivity contribution in [3.8, 4) is 0 Å². The number of nitrogens with zero attached hydrogens (tertiary/aromatic N) is 6. The van der Waals surface area contributed by atoms with Gasteiger partial charge in [0.05, 0.1) is 0 Å². The van der Waals surface area contributed by atoms with Crippen molar-refractivity contribution < 1.29 is 9.18 Å². The Morgan fingerprint density at radius 3 is 2.07 bits per heavy atom. The first-order valence-electron chi connectivity index (χ1n) is 9.67. The zero-order valence-corrected chi connectivity index (χ0v) is 16.1. The first kappa shape index (κ1) is 18.6. The normalized spacial score (nSPS) is 18.4. The Balaban J connectivity index is 1.34. The molecule has 0 unspecified atom stereocenters. The van der Waals surface area contributed by atoms with Crippen molar-refractivity contribution in [1.29, 1.82) is 0 Å². The fourth-order valence-electron chi connectivity index (χ4n) is 3.63. The van der Waals surface area contributed by atoms with E-state index in [4.69, 9.17) is 0 Å². The van der Waals surface area contributed by atoms with E-state index in [0.717, 1.165) is 63.9 Å². The van der Waals surface area contributed by atoms with E-state index in [1.54, 1.807) is 6.07 Å². The predicted octanol–water partition coefficient (Wildman–Crippen LogP) is 1.33. The molecule has 2 saturated heterocycles. The van der Waals surface area contributed by atoms with Crippen molar-refractivity contribution in [3.63, 3.8) is 0 Å². The molecule has 0 radical (unpaired) electrons. The maximum Gasteiger partial charge on any atom is 0.274 e. The van der Waals surface area contributed by atoms with E-state index in [9.17, 15) is 9.18 Å². The summed E-state index contributed by atoms with van der Waals surface area (Å²) in [4.78, 5) is 21.0. The van der Waals surface area contributed by atoms with Gasteiger partial charge in [-0.05, 0) is 43.4 Å². The van der Waals surface area contributed by atoms with Gasteiger partial charge in [0.15, 0.2) is 11.5 Å². The number of rotatable bonds is 3. The quantitative estimate of drug-likeness (QED) is 0.796. The summed E-state index contributed by atoms with van der Waals surface area (Å²) in [6.07, 6.45) is 0. The molecule has 7 nitrogen and oxygen atoms in total. The molecule has 0 aliphatic carbocycles. The van der Waals surface area contributed by atoms with Crippen LogP contribution in [0.4, 0.5) is 15.9 Å². The van der Waals surface area contributed by atoms with Crippen LogP contribution in [-0.2, 0) is 0 Å². The van der Waals surface area contributed by atoms with Gasteiger partial charge in [0.1, 0.15) is 5.82 Å². The average molecular weight is 384 g/mol. The lowest BCUT2D eigenvalue weighted by Gasteiger charge is -2.36. The van der Waals surface area contributed by atoms with Crippen molar-refractivity contribution in [2.24, 2.45) is 0 Å². The van der Waals surface area contributed by atoms with Gasteiger partial charge >= 0.3 is 0 Å². The van der Waals surface area contributed by atoms with Gasteiger partial charge in [0.25, 0.3) is 5.91 Å². The Hall–Kier alpha value is -2.74. The topological polar surface area (TPSA) is 55.8 Å². The number of hydrogen-bond donors (Lipinski definition) is 0. The number of halogens is 1. The lowest BCUT2D eigenvalue weighted by Crippen LogP contribution is -2.47. The van der Waals surface area contributed by atoms with E-state index in [0.29, 0.717) is 5.69 Å². The van der Waals surface area contributed by atoms with Crippen LogP contribution in [0.2, 0.25) is 0 Å². The molecule has 4 rings (SSSR count). The van der Waals surface area contributed by atoms with Crippen LogP contribution in [0, 0.1) is 5.82 Å². The second kappa shape index (κ2) is 8.10. The molecular weight excluding hydrogens is 359 g/mol. The first-order valence-corrected chi connectivity index (χ1v) is 9.67. The van der Waals surface area contributed by atoms with E-state index in [2.05, 4.69) is 31.9 Å². The summed E-state index contributed by atoms with van der Waals surface area (Å²) in [5.41, 5.74) is 1.43. The number of carbonyl (C=O) groups is 1. The number of hydrogen-bond acceptors (Lipinski definition) is 6. The van der Waals surface area contributed by atoms with Gasteiger partial charge in [0, 0.05) is 58.0 Å². The minimum atomic E-state index is -0.219. The van der Waals surface area contributed by atoms with Crippen molar-refractivity contribution in [2.45, 2.75) is 0 Å². The Bertz CT molecular complexity index is 796. The summed E-state index contributed by atoms with van der Waals surface area (Å²) in [7, 11) is 2.06. The van der Waals surface area contributed by atoms with E-state index in [1.807, 2.05) is 23.1 Å². The number of aromatic nitrogens is 2. The Kier molecular flexibility index (Phi) is 5.38. The van der Waals surface area contributed by atoms with E-state index in [1.165, 1.54) is 12.1 Å². The third-order valence-corrected chi connectivity index (χ3v) is 5.46. The molecule has 1 amide bonds. The van der Waals surface area contributed by atoms with Crippen LogP contribution in [-0.4, -0.2) is 85.3 Å². The van der Waals surface area contributed by atoms with Gasteiger partial charge in [-0.25, -0.2) is 4.39 Å². The molecule has 1 aromatic heterocycles. The van der Waals surface area contributed by atoms with Gasteiger partial charge < -0.3 is 19.6 Å². The van der Waals surface area contributed by atoms with Crippen LogP contribution < -0.4 is 9.80 Å². The maximum absolute atomic E-state index is 13.1. The minimum absolute atomic E-state index is 0.0479. The molecule has 28 heavy (non-hydrogen) atoms. The lowest BCUT2D eigenvalue weighted by atomic mass is 10.2. The SMILES string of the molecule is CN1CCN(C(=O)c2ccc(N3CCN(c4ccc(F)cc4)CC3)nn2)CC1. The fraction of sp³-hybridized carbons (Fsp3) is 0.450. The molecule has 0 saturated carbocycles. The molecule has 2 aromatic rings. The second-order valence-electron chi connectivity index (χ2n) is 7.32. The molecule has 2 fully saturated rings. The molecular formula is C20H25FN6O. The maximum atomic E-state index is 13.1. The molecule has 148 valence electrons. The molecule has 8 heteroatoms. The van der Waals surface area contributed by atoms with Gasteiger partial charge in [0.2, 0.25) is 0 Å². The number of piperazine rings is 2. The van der Waals surface area contributed by atoms with Crippen LogP contribution in [0.15, 0.2) is 36.4 Å². The molecule has 0 spiro atoms. The first-order chi connectivity index (χ1) is 13.6. The average Bonchev–Trinajstić information content (AvgIpc) is 2.75. The number of amides is 1. The highest BCUT2D eigenvalue weighted by atomic mass is 19.1. The summed E-state index contributed by atoms with van der Waals surface area (Å²) in [6.45, 7) is 6.49. The third kappa shape index (κ3) is 4.06. The van der Waals surface area contributed by atoms with Gasteiger partial charge in [-0.3, -0.25) is 4.79 Å². The Morgan fingerprint density at radius 1 is 0.821 bits per heavy atom. The standard InChI is InChI=1S/C20H25FN6O/c1-24-8-10-27(11-9-24)20(28)18-6-7-19(23-22-18)26-14-12-25(13-15-26)17-4-2-16(21)3-5-17/h2-7H,8-15H2,1H3. The fourth-order valence-corrected chi connectivity index (χ4v) is 3.63. The van der Waals surface area contributed by atoms with Crippen molar-refractivity contribution in [2.75, 3.05) is 69.2 Å². The molecule has 0 atom stereocenters. The lowest BCUT2D eigenvalue weighted by molar-refractivity contribution is 0.0657. The number of carbonyl (C=O) groups excluding carboxylic acids is 1. The van der Waals surface area contributed by atoms with Crippen LogP contribution in [0.1, 0.15) is 10.5 Å². The summed E-state index contributed by atoms with van der Waals surface area (Å²) in [5, 5.41) is 8.48. The highest BCUT2D eigenvalue weighted by Crippen LogP contribution is 2.19. The minimum Gasteiger partial charge on any atom is -0.368 e. The summed E-state index contributed by atoms with van der Waals surface area (Å²) in [6, 6.07) is 10.2. The van der Waals surface area contributed by atoms with E-state index >= 15 is 0 Å². The summed E-state index contributed by atoms with van der Waals surface area (Å²) in [5.74, 6) is 0.519. The van der Waals surface area contributed by atoms with Gasteiger partial charge in [-0.2, -0.15) is 0 Å². The predicted molar refractivity (Wildman–Crippen MR) is 106 cm³/mol. The zero-order valence-electron chi connectivity index (χ0n) is 16.1. The smallest absolute Gasteiger partial charge is 0.274 e. The van der Waals surface area contributed by atoms with Crippen LogP contribution in [0.5, 0.6) is 0 Å². The van der Waals surface area contributed by atoms with Crippen molar-refractivity contribution >= 4 is 17.4 Å². The van der Waals surface area contributed by atoms with Crippen LogP contribution in [0.3, 0.4) is 0 Å².